The van der Waals surface area contributed by atoms with Gasteiger partial charge in [0.05, 0.1) is 31.2 Å². The third kappa shape index (κ3) is 5.99. The van der Waals surface area contributed by atoms with E-state index in [0.29, 0.717) is 17.3 Å². The Hall–Kier alpha value is -0.970. The van der Waals surface area contributed by atoms with Crippen molar-refractivity contribution in [2.45, 2.75) is 20.8 Å². The van der Waals surface area contributed by atoms with E-state index in [2.05, 4.69) is 19.2 Å². The Morgan fingerprint density at radius 1 is 1.35 bits per heavy atom. The van der Waals surface area contributed by atoms with Crippen LogP contribution in [0.2, 0.25) is 5.02 Å². The number of para-hydroxylation sites is 1. The van der Waals surface area contributed by atoms with Gasteiger partial charge in [-0.25, -0.2) is 4.79 Å². The van der Waals surface area contributed by atoms with Gasteiger partial charge in [0.1, 0.15) is 0 Å². The number of amides is 1. The van der Waals surface area contributed by atoms with Gasteiger partial charge in [-0.15, -0.1) is 0 Å². The van der Waals surface area contributed by atoms with E-state index in [1.165, 1.54) is 4.90 Å². The smallest absolute Gasteiger partial charge is 0.412 e. The number of carbonyl (C=O) groups excluding carboxylic acids is 1. The van der Waals surface area contributed by atoms with Crippen molar-refractivity contribution in [3.8, 4) is 5.75 Å². The number of likely N-dealkylation sites (N-methyl/N-ethyl adjacent to an activating group) is 1. The van der Waals surface area contributed by atoms with Gasteiger partial charge in [-0.3, -0.25) is 0 Å². The lowest BCUT2D eigenvalue weighted by Gasteiger charge is -2.15. The summed E-state index contributed by atoms with van der Waals surface area (Å²) < 4.78 is 5.23. The Bertz CT molecular complexity index is 403. The standard InChI is InChI=1S/C14H21ClN2O2.ClH/c1-4-17(5-2)10-9-16-14(18)19-13-11(3)7-6-8-12(13)15;/h6-8H,4-5,9-10H2,1-3H3,(H,16,18);1H. The molecule has 1 rings (SSSR count). The first-order chi connectivity index (χ1) is 9.08. The van der Waals surface area contributed by atoms with Crippen molar-refractivity contribution in [1.82, 2.24) is 5.32 Å². The first-order valence-electron chi connectivity index (χ1n) is 6.62. The number of benzene rings is 1. The molecule has 20 heavy (non-hydrogen) atoms. The first-order valence-corrected chi connectivity index (χ1v) is 7.00. The van der Waals surface area contributed by atoms with Gasteiger partial charge in [0.25, 0.3) is 0 Å². The normalized spacial score (nSPS) is 10.1. The van der Waals surface area contributed by atoms with E-state index in [-0.39, 0.29) is 12.4 Å². The lowest BCUT2D eigenvalue weighted by molar-refractivity contribution is -0.895. The van der Waals surface area contributed by atoms with Gasteiger partial charge >= 0.3 is 6.09 Å². The molecule has 0 bridgehead atoms. The van der Waals surface area contributed by atoms with Crippen LogP contribution in [0.4, 0.5) is 4.79 Å². The number of nitrogens with one attached hydrogen (secondary N) is 2. The number of carbonyl (C=O) groups is 1. The second-order valence-corrected chi connectivity index (χ2v) is 4.82. The lowest BCUT2D eigenvalue weighted by atomic mass is 10.2. The van der Waals surface area contributed by atoms with Crippen molar-refractivity contribution in [1.29, 1.82) is 0 Å². The van der Waals surface area contributed by atoms with Gasteiger partial charge in [-0.05, 0) is 32.4 Å². The largest absolute Gasteiger partial charge is 1.00 e. The molecule has 114 valence electrons. The Morgan fingerprint density at radius 2 is 2.00 bits per heavy atom. The second-order valence-electron chi connectivity index (χ2n) is 4.41. The molecule has 0 aromatic heterocycles. The van der Waals surface area contributed by atoms with Gasteiger partial charge in [-0.2, -0.15) is 0 Å². The molecule has 0 aliphatic rings. The highest BCUT2D eigenvalue weighted by Crippen LogP contribution is 2.27. The topological polar surface area (TPSA) is 42.8 Å². The molecular weight excluding hydrogens is 299 g/mol. The van der Waals surface area contributed by atoms with Crippen LogP contribution in [0.1, 0.15) is 19.4 Å². The van der Waals surface area contributed by atoms with Crippen LogP contribution in [-0.2, 0) is 0 Å². The molecule has 0 heterocycles. The zero-order valence-corrected chi connectivity index (χ0v) is 13.6. The molecule has 1 amide bonds. The van der Waals surface area contributed by atoms with Crippen LogP contribution in [0.3, 0.4) is 0 Å². The van der Waals surface area contributed by atoms with Crippen molar-refractivity contribution in [2.24, 2.45) is 0 Å². The minimum atomic E-state index is -0.456. The maximum Gasteiger partial charge on any atom is 0.412 e. The van der Waals surface area contributed by atoms with Crippen LogP contribution in [-0.4, -0.2) is 32.3 Å². The van der Waals surface area contributed by atoms with Crippen molar-refractivity contribution in [2.75, 3.05) is 26.2 Å². The summed E-state index contributed by atoms with van der Waals surface area (Å²) in [6, 6.07) is 5.39. The van der Waals surface area contributed by atoms with Crippen molar-refractivity contribution in [3.05, 3.63) is 28.8 Å². The van der Waals surface area contributed by atoms with Gasteiger partial charge in [0, 0.05) is 0 Å². The molecule has 0 aliphatic heterocycles. The molecule has 0 radical (unpaired) electrons. The molecule has 1 aromatic rings. The van der Waals surface area contributed by atoms with E-state index >= 15 is 0 Å². The Labute approximate surface area is 131 Å². The summed E-state index contributed by atoms with van der Waals surface area (Å²) >= 11 is 5.99. The fraction of sp³-hybridized carbons (Fsp3) is 0.500. The quantitative estimate of drug-likeness (QED) is 0.682. The Kier molecular flexibility index (Phi) is 9.38. The maximum absolute atomic E-state index is 11.7. The van der Waals surface area contributed by atoms with E-state index in [1.807, 2.05) is 19.1 Å². The average molecular weight is 321 g/mol. The minimum absolute atomic E-state index is 0. The highest BCUT2D eigenvalue weighted by molar-refractivity contribution is 6.32. The minimum Gasteiger partial charge on any atom is -1.00 e. The summed E-state index contributed by atoms with van der Waals surface area (Å²) in [6.07, 6.45) is -0.456. The average Bonchev–Trinajstić information content (AvgIpc) is 2.39. The molecule has 4 nitrogen and oxygen atoms in total. The first kappa shape index (κ1) is 19.0. The summed E-state index contributed by atoms with van der Waals surface area (Å²) in [5.41, 5.74) is 0.844. The molecular formula is C14H22Cl2N2O2. The highest BCUT2D eigenvalue weighted by Gasteiger charge is 2.11. The van der Waals surface area contributed by atoms with E-state index in [0.717, 1.165) is 25.2 Å². The number of hydrogen-bond acceptors (Lipinski definition) is 2. The van der Waals surface area contributed by atoms with Crippen LogP contribution < -0.4 is 27.4 Å². The van der Waals surface area contributed by atoms with E-state index in [1.54, 1.807) is 6.07 Å². The van der Waals surface area contributed by atoms with Gasteiger partial charge in [-0.1, -0.05) is 23.7 Å². The number of halogens is 2. The maximum atomic E-state index is 11.7. The van der Waals surface area contributed by atoms with Crippen LogP contribution in [0.25, 0.3) is 0 Å². The van der Waals surface area contributed by atoms with Gasteiger partial charge < -0.3 is 27.4 Å². The number of ether oxygens (including phenoxy) is 1. The second kappa shape index (κ2) is 9.86. The predicted molar refractivity (Wildman–Crippen MR) is 77.1 cm³/mol. The zero-order valence-electron chi connectivity index (χ0n) is 12.1. The van der Waals surface area contributed by atoms with E-state index in [9.17, 15) is 4.79 Å². The van der Waals surface area contributed by atoms with Crippen LogP contribution in [0.15, 0.2) is 18.2 Å². The fourth-order valence-corrected chi connectivity index (χ4v) is 2.08. The van der Waals surface area contributed by atoms with Crippen LogP contribution in [0.5, 0.6) is 5.75 Å². The molecule has 6 heteroatoms. The summed E-state index contributed by atoms with van der Waals surface area (Å²) in [5.74, 6) is 0.428. The van der Waals surface area contributed by atoms with Crippen LogP contribution in [0, 0.1) is 6.92 Å². The SMILES string of the molecule is CC[NH+](CC)CCNC(=O)Oc1c(C)cccc1Cl.[Cl-]. The molecule has 0 spiro atoms. The number of quaternary nitrogens is 1. The van der Waals surface area contributed by atoms with Crippen LogP contribution >= 0.6 is 11.6 Å². The van der Waals surface area contributed by atoms with Gasteiger partial charge in [0.15, 0.2) is 5.75 Å². The number of rotatable bonds is 6. The molecule has 0 unspecified atom stereocenters. The van der Waals surface area contributed by atoms with E-state index < -0.39 is 6.09 Å². The summed E-state index contributed by atoms with van der Waals surface area (Å²) in [6.45, 7) is 9.71. The molecule has 0 saturated heterocycles. The van der Waals surface area contributed by atoms with Crippen molar-refractivity contribution >= 4 is 17.7 Å². The highest BCUT2D eigenvalue weighted by atomic mass is 35.5. The zero-order chi connectivity index (χ0) is 14.3. The molecule has 0 aliphatic carbocycles. The third-order valence-electron chi connectivity index (χ3n) is 3.11. The number of aryl methyl sites for hydroxylation is 1. The summed E-state index contributed by atoms with van der Waals surface area (Å²) in [4.78, 5) is 13.1. The summed E-state index contributed by atoms with van der Waals surface area (Å²) in [5, 5.41) is 3.19. The monoisotopic (exact) mass is 320 g/mol. The Balaban J connectivity index is 0.00000361. The molecule has 0 atom stereocenters. The lowest BCUT2D eigenvalue weighted by Crippen LogP contribution is -3.12. The van der Waals surface area contributed by atoms with Crippen molar-refractivity contribution < 1.29 is 26.8 Å². The molecule has 2 N–H and O–H groups in total. The summed E-state index contributed by atoms with van der Waals surface area (Å²) in [7, 11) is 0. The van der Waals surface area contributed by atoms with E-state index in [4.69, 9.17) is 16.3 Å². The fourth-order valence-electron chi connectivity index (χ4n) is 1.82. The van der Waals surface area contributed by atoms with Gasteiger partial charge in [0.2, 0.25) is 0 Å². The molecule has 1 aromatic carbocycles. The molecule has 0 fully saturated rings. The molecule has 0 saturated carbocycles. The number of hydrogen-bond donors (Lipinski definition) is 2. The third-order valence-corrected chi connectivity index (χ3v) is 3.40. The predicted octanol–water partition coefficient (Wildman–Crippen LogP) is -1.33. The Morgan fingerprint density at radius 3 is 2.55 bits per heavy atom. The van der Waals surface area contributed by atoms with Crippen molar-refractivity contribution in [3.63, 3.8) is 0 Å².